The van der Waals surface area contributed by atoms with Gasteiger partial charge in [0.15, 0.2) is 0 Å². The third-order valence-electron chi connectivity index (χ3n) is 2.75. The standard InChI is InChI=1S/C15H20F3NO2S/c1-14(2,3)22(20)19-13(15(16,17)18)10-9-11-7-5-6-8-12(11)21-4/h5-10,13,19H,1-4H3/b10-9+/t13-,22?/m0/s1. The highest BCUT2D eigenvalue weighted by Crippen LogP contribution is 2.25. The van der Waals surface area contributed by atoms with Gasteiger partial charge in [0.2, 0.25) is 0 Å². The fraction of sp³-hybridized carbons (Fsp3) is 0.467. The van der Waals surface area contributed by atoms with Gasteiger partial charge in [0.1, 0.15) is 11.8 Å². The molecule has 0 heterocycles. The van der Waals surface area contributed by atoms with Crippen LogP contribution in [0.3, 0.4) is 0 Å². The Morgan fingerprint density at radius 1 is 1.23 bits per heavy atom. The van der Waals surface area contributed by atoms with Crippen molar-refractivity contribution in [3.05, 3.63) is 35.9 Å². The lowest BCUT2D eigenvalue weighted by Gasteiger charge is -2.24. The van der Waals surface area contributed by atoms with Gasteiger partial charge >= 0.3 is 6.18 Å². The molecule has 1 rings (SSSR count). The zero-order valence-corrected chi connectivity index (χ0v) is 13.7. The van der Waals surface area contributed by atoms with Crippen LogP contribution in [-0.4, -0.2) is 28.3 Å². The van der Waals surface area contributed by atoms with Gasteiger partial charge < -0.3 is 4.74 Å². The number of ether oxygens (including phenoxy) is 1. The van der Waals surface area contributed by atoms with Crippen molar-refractivity contribution in [2.45, 2.75) is 37.7 Å². The van der Waals surface area contributed by atoms with E-state index in [2.05, 4.69) is 4.72 Å². The van der Waals surface area contributed by atoms with Gasteiger partial charge in [-0.1, -0.05) is 30.4 Å². The quantitative estimate of drug-likeness (QED) is 0.891. The van der Waals surface area contributed by atoms with E-state index in [9.17, 15) is 17.4 Å². The molecule has 0 bridgehead atoms. The topological polar surface area (TPSA) is 38.3 Å². The Kier molecular flexibility index (Phi) is 6.19. The maximum atomic E-state index is 13.1. The molecular formula is C15H20F3NO2S. The van der Waals surface area contributed by atoms with Crippen molar-refractivity contribution < 1.29 is 22.1 Å². The van der Waals surface area contributed by atoms with E-state index in [0.717, 1.165) is 6.08 Å². The summed E-state index contributed by atoms with van der Waals surface area (Å²) in [5, 5.41) is 0. The fourth-order valence-electron chi connectivity index (χ4n) is 1.51. The summed E-state index contributed by atoms with van der Waals surface area (Å²) in [4.78, 5) is 0. The molecule has 0 aromatic heterocycles. The SMILES string of the molecule is COc1ccccc1/C=C/[C@H](NS(=O)C(C)(C)C)C(F)(F)F. The Labute approximate surface area is 131 Å². The average molecular weight is 335 g/mol. The summed E-state index contributed by atoms with van der Waals surface area (Å²) in [6, 6.07) is 4.72. The monoisotopic (exact) mass is 335 g/mol. The smallest absolute Gasteiger partial charge is 0.408 e. The summed E-state index contributed by atoms with van der Waals surface area (Å²) in [5.74, 6) is 0.469. The van der Waals surface area contributed by atoms with Gasteiger partial charge in [0.25, 0.3) is 0 Å². The van der Waals surface area contributed by atoms with Gasteiger partial charge in [0.05, 0.1) is 22.8 Å². The lowest BCUT2D eigenvalue weighted by molar-refractivity contribution is -0.139. The molecule has 0 amide bonds. The molecule has 7 heteroatoms. The van der Waals surface area contributed by atoms with Crippen molar-refractivity contribution >= 4 is 17.1 Å². The summed E-state index contributed by atoms with van der Waals surface area (Å²) < 4.78 is 57.5. The Hall–Kier alpha value is -1.34. The van der Waals surface area contributed by atoms with Crippen LogP contribution >= 0.6 is 0 Å². The third kappa shape index (κ3) is 5.46. The van der Waals surface area contributed by atoms with E-state index in [4.69, 9.17) is 4.74 Å². The van der Waals surface area contributed by atoms with Gasteiger partial charge in [-0.2, -0.15) is 13.2 Å². The van der Waals surface area contributed by atoms with Crippen molar-refractivity contribution in [3.63, 3.8) is 0 Å². The minimum atomic E-state index is -4.54. The Bertz CT molecular complexity index is 550. The fourth-order valence-corrected chi connectivity index (χ4v) is 2.31. The molecular weight excluding hydrogens is 315 g/mol. The molecule has 0 saturated carbocycles. The molecule has 124 valence electrons. The minimum Gasteiger partial charge on any atom is -0.496 e. The van der Waals surface area contributed by atoms with Gasteiger partial charge in [-0.15, -0.1) is 0 Å². The molecule has 0 aliphatic rings. The van der Waals surface area contributed by atoms with Gasteiger partial charge in [-0.25, -0.2) is 8.93 Å². The summed E-state index contributed by atoms with van der Waals surface area (Å²) in [6.45, 7) is 4.81. The highest BCUT2D eigenvalue weighted by atomic mass is 32.2. The molecule has 2 atom stereocenters. The Balaban J connectivity index is 3.00. The number of hydrogen-bond donors (Lipinski definition) is 1. The van der Waals surface area contributed by atoms with Gasteiger partial charge in [0, 0.05) is 5.56 Å². The van der Waals surface area contributed by atoms with Crippen LogP contribution in [0.5, 0.6) is 5.75 Å². The van der Waals surface area contributed by atoms with Crippen LogP contribution < -0.4 is 9.46 Å². The first-order valence-corrected chi connectivity index (χ1v) is 7.76. The molecule has 1 unspecified atom stereocenters. The predicted molar refractivity (Wildman–Crippen MR) is 82.9 cm³/mol. The minimum absolute atomic E-state index is 0.469. The van der Waals surface area contributed by atoms with E-state index >= 15 is 0 Å². The van der Waals surface area contributed by atoms with Crippen molar-refractivity contribution in [2.24, 2.45) is 0 Å². The highest BCUT2D eigenvalue weighted by Gasteiger charge is 2.40. The van der Waals surface area contributed by atoms with Crippen LogP contribution in [0.2, 0.25) is 0 Å². The first-order chi connectivity index (χ1) is 10.1. The maximum Gasteiger partial charge on any atom is 0.408 e. The van der Waals surface area contributed by atoms with Crippen LogP contribution in [0.25, 0.3) is 6.08 Å². The largest absolute Gasteiger partial charge is 0.496 e. The summed E-state index contributed by atoms with van der Waals surface area (Å²) in [5.41, 5.74) is 0.516. The molecule has 3 nitrogen and oxygen atoms in total. The third-order valence-corrected chi connectivity index (χ3v) is 4.33. The number of alkyl halides is 3. The molecule has 1 aromatic carbocycles. The zero-order chi connectivity index (χ0) is 17.0. The van der Waals surface area contributed by atoms with Crippen molar-refractivity contribution in [3.8, 4) is 5.75 Å². The summed E-state index contributed by atoms with van der Waals surface area (Å²) in [7, 11) is -0.386. The van der Waals surface area contributed by atoms with E-state index in [-0.39, 0.29) is 0 Å². The first kappa shape index (κ1) is 18.7. The second-order valence-electron chi connectivity index (χ2n) is 5.62. The van der Waals surface area contributed by atoms with Crippen LogP contribution in [0, 0.1) is 0 Å². The maximum absolute atomic E-state index is 13.1. The molecule has 0 aliphatic carbocycles. The summed E-state index contributed by atoms with van der Waals surface area (Å²) in [6.07, 6.45) is -2.29. The Morgan fingerprint density at radius 2 is 1.82 bits per heavy atom. The molecule has 0 radical (unpaired) electrons. The molecule has 0 fully saturated rings. The molecule has 1 N–H and O–H groups in total. The molecule has 0 saturated heterocycles. The van der Waals surface area contributed by atoms with E-state index in [0.29, 0.717) is 11.3 Å². The number of methoxy groups -OCH3 is 1. The molecule has 0 spiro atoms. The average Bonchev–Trinajstić information content (AvgIpc) is 2.41. The Morgan fingerprint density at radius 3 is 2.32 bits per heavy atom. The van der Waals surface area contributed by atoms with Crippen molar-refractivity contribution in [1.82, 2.24) is 4.72 Å². The van der Waals surface area contributed by atoms with E-state index in [1.165, 1.54) is 13.2 Å². The van der Waals surface area contributed by atoms with E-state index in [1.807, 2.05) is 0 Å². The van der Waals surface area contributed by atoms with E-state index < -0.39 is 28.0 Å². The lowest BCUT2D eigenvalue weighted by atomic mass is 10.1. The first-order valence-electron chi connectivity index (χ1n) is 6.61. The van der Waals surface area contributed by atoms with Crippen molar-refractivity contribution in [2.75, 3.05) is 7.11 Å². The van der Waals surface area contributed by atoms with Crippen molar-refractivity contribution in [1.29, 1.82) is 0 Å². The van der Waals surface area contributed by atoms with Crippen LogP contribution in [-0.2, 0) is 11.0 Å². The molecule has 0 aliphatic heterocycles. The normalized spacial score (nSPS) is 15.8. The van der Waals surface area contributed by atoms with Crippen LogP contribution in [0.15, 0.2) is 30.3 Å². The second kappa shape index (κ2) is 7.28. The predicted octanol–water partition coefficient (Wildman–Crippen LogP) is 3.69. The number of rotatable bonds is 5. The highest BCUT2D eigenvalue weighted by molar-refractivity contribution is 7.84. The summed E-state index contributed by atoms with van der Waals surface area (Å²) >= 11 is 0. The zero-order valence-electron chi connectivity index (χ0n) is 12.9. The van der Waals surface area contributed by atoms with Crippen LogP contribution in [0.4, 0.5) is 13.2 Å². The number of para-hydroxylation sites is 1. The van der Waals surface area contributed by atoms with Gasteiger partial charge in [-0.05, 0) is 26.8 Å². The molecule has 22 heavy (non-hydrogen) atoms. The number of benzene rings is 1. The van der Waals surface area contributed by atoms with E-state index in [1.54, 1.807) is 45.0 Å². The van der Waals surface area contributed by atoms with Crippen LogP contribution in [0.1, 0.15) is 26.3 Å². The number of hydrogen-bond acceptors (Lipinski definition) is 2. The number of halogens is 3. The lowest BCUT2D eigenvalue weighted by Crippen LogP contribution is -2.46. The van der Waals surface area contributed by atoms with Gasteiger partial charge in [-0.3, -0.25) is 0 Å². The number of nitrogens with one attached hydrogen (secondary N) is 1. The molecule has 1 aromatic rings. The second-order valence-corrected chi connectivity index (χ2v) is 7.62.